The molecule has 2 aromatic rings. The molecule has 0 spiro atoms. The molecule has 0 atom stereocenters. The number of amides is 1. The fourth-order valence-corrected chi connectivity index (χ4v) is 6.79. The van der Waals surface area contributed by atoms with E-state index in [0.29, 0.717) is 56.1 Å². The van der Waals surface area contributed by atoms with E-state index in [1.54, 1.807) is 36.4 Å². The lowest BCUT2D eigenvalue weighted by atomic mass is 10.2. The van der Waals surface area contributed by atoms with Crippen molar-refractivity contribution in [3.63, 3.8) is 0 Å². The van der Waals surface area contributed by atoms with Crippen molar-refractivity contribution in [2.45, 2.75) is 11.3 Å². The fraction of sp³-hybridized carbons (Fsp3) is 0.381. The Morgan fingerprint density at radius 3 is 2.09 bits per heavy atom. The van der Waals surface area contributed by atoms with E-state index in [9.17, 15) is 21.6 Å². The Balaban J connectivity index is 1.42. The molecule has 1 N–H and O–H groups in total. The molecule has 1 amide bonds. The molecule has 0 bridgehead atoms. The van der Waals surface area contributed by atoms with E-state index in [1.165, 1.54) is 20.7 Å². The predicted octanol–water partition coefficient (Wildman–Crippen LogP) is 1.41. The lowest BCUT2D eigenvalue weighted by Gasteiger charge is -2.31. The average Bonchev–Trinajstić information content (AvgIpc) is 3.13. The molecule has 0 aliphatic carbocycles. The van der Waals surface area contributed by atoms with Crippen LogP contribution in [0.1, 0.15) is 16.8 Å². The van der Waals surface area contributed by atoms with Crippen LogP contribution in [0.2, 0.25) is 0 Å². The molecule has 2 aliphatic heterocycles. The maximum absolute atomic E-state index is 12.8. The SMILES string of the molecule is CN1CCN(S(=O)(=O)c2ccc(NC(=O)c3ccc(N4CCCS4(=O)=O)cc3)cc2)CC1. The molecule has 0 unspecified atom stereocenters. The number of nitrogens with zero attached hydrogens (tertiary/aromatic N) is 3. The van der Waals surface area contributed by atoms with Gasteiger partial charge in [0.1, 0.15) is 0 Å². The summed E-state index contributed by atoms with van der Waals surface area (Å²) in [5.41, 5.74) is 1.38. The first-order valence-corrected chi connectivity index (χ1v) is 13.4. The molecule has 9 nitrogen and oxygen atoms in total. The third-order valence-electron chi connectivity index (χ3n) is 5.73. The number of hydrogen-bond donors (Lipinski definition) is 1. The van der Waals surface area contributed by atoms with E-state index in [2.05, 4.69) is 10.2 Å². The second-order valence-corrected chi connectivity index (χ2v) is 11.9. The van der Waals surface area contributed by atoms with E-state index in [1.807, 2.05) is 7.05 Å². The van der Waals surface area contributed by atoms with Gasteiger partial charge in [-0.1, -0.05) is 0 Å². The van der Waals surface area contributed by atoms with Crippen LogP contribution in [0.3, 0.4) is 0 Å². The normalized spacial score (nSPS) is 19.7. The summed E-state index contributed by atoms with van der Waals surface area (Å²) in [7, 11) is -4.87. The van der Waals surface area contributed by atoms with Crippen molar-refractivity contribution >= 4 is 37.3 Å². The number of sulfonamides is 2. The molecule has 32 heavy (non-hydrogen) atoms. The maximum Gasteiger partial charge on any atom is 0.255 e. The number of nitrogens with one attached hydrogen (secondary N) is 1. The first-order chi connectivity index (χ1) is 15.2. The van der Waals surface area contributed by atoms with Crippen LogP contribution in [0.4, 0.5) is 11.4 Å². The Bertz CT molecular complexity index is 1190. The summed E-state index contributed by atoms with van der Waals surface area (Å²) in [6.45, 7) is 2.72. The van der Waals surface area contributed by atoms with Gasteiger partial charge in [0.2, 0.25) is 20.0 Å². The van der Waals surface area contributed by atoms with Gasteiger partial charge in [0.25, 0.3) is 5.91 Å². The summed E-state index contributed by atoms with van der Waals surface area (Å²) >= 11 is 0. The molecule has 4 rings (SSSR count). The number of piperazine rings is 1. The van der Waals surface area contributed by atoms with E-state index in [4.69, 9.17) is 0 Å². The van der Waals surface area contributed by atoms with Crippen LogP contribution >= 0.6 is 0 Å². The second-order valence-electron chi connectivity index (χ2n) is 7.97. The average molecular weight is 479 g/mol. The van der Waals surface area contributed by atoms with Crippen molar-refractivity contribution < 1.29 is 21.6 Å². The Labute approximate surface area is 188 Å². The molecule has 2 aliphatic rings. The summed E-state index contributed by atoms with van der Waals surface area (Å²) in [6.07, 6.45) is 0.588. The van der Waals surface area contributed by atoms with Gasteiger partial charge in [0, 0.05) is 44.0 Å². The maximum atomic E-state index is 12.8. The Hall–Kier alpha value is -2.47. The number of likely N-dealkylation sites (N-methyl/N-ethyl adjacent to an activating group) is 1. The molecular formula is C21H26N4O5S2. The summed E-state index contributed by atoms with van der Waals surface area (Å²) < 4.78 is 52.5. The minimum absolute atomic E-state index is 0.135. The zero-order chi connectivity index (χ0) is 22.9. The van der Waals surface area contributed by atoms with Crippen molar-refractivity contribution in [1.29, 1.82) is 0 Å². The van der Waals surface area contributed by atoms with E-state index < -0.39 is 20.0 Å². The number of hydrogen-bond acceptors (Lipinski definition) is 6. The van der Waals surface area contributed by atoms with Crippen LogP contribution in [-0.4, -0.2) is 77.5 Å². The van der Waals surface area contributed by atoms with Gasteiger partial charge in [-0.05, 0) is 62.0 Å². The first-order valence-electron chi connectivity index (χ1n) is 10.4. The molecule has 2 fully saturated rings. The van der Waals surface area contributed by atoms with Crippen molar-refractivity contribution in [3.05, 3.63) is 54.1 Å². The molecule has 2 saturated heterocycles. The van der Waals surface area contributed by atoms with Gasteiger partial charge in [-0.15, -0.1) is 0 Å². The van der Waals surface area contributed by atoms with Gasteiger partial charge in [-0.2, -0.15) is 4.31 Å². The molecule has 172 valence electrons. The number of carbonyl (C=O) groups excluding carboxylic acids is 1. The van der Waals surface area contributed by atoms with Crippen LogP contribution in [0.15, 0.2) is 53.4 Å². The highest BCUT2D eigenvalue weighted by atomic mass is 32.2. The molecular weight excluding hydrogens is 452 g/mol. The standard InChI is InChI=1S/C21H26N4O5S2/c1-23-12-14-24(15-13-23)32(29,30)20-9-5-18(6-10-20)22-21(26)17-3-7-19(8-4-17)25-11-2-16-31(25,27)28/h3-10H,2,11-16H2,1H3,(H,22,26). The molecule has 11 heteroatoms. The van der Waals surface area contributed by atoms with Crippen LogP contribution in [-0.2, 0) is 20.0 Å². The van der Waals surface area contributed by atoms with Crippen LogP contribution < -0.4 is 9.62 Å². The first kappa shape index (κ1) is 22.7. The van der Waals surface area contributed by atoms with Gasteiger partial charge >= 0.3 is 0 Å². The highest BCUT2D eigenvalue weighted by molar-refractivity contribution is 7.93. The van der Waals surface area contributed by atoms with Crippen LogP contribution in [0.5, 0.6) is 0 Å². The Morgan fingerprint density at radius 1 is 0.906 bits per heavy atom. The molecule has 0 radical (unpaired) electrons. The summed E-state index contributed by atoms with van der Waals surface area (Å²) in [6, 6.07) is 12.5. The summed E-state index contributed by atoms with van der Waals surface area (Å²) in [4.78, 5) is 14.8. The zero-order valence-electron chi connectivity index (χ0n) is 17.8. The molecule has 0 aromatic heterocycles. The van der Waals surface area contributed by atoms with Gasteiger partial charge < -0.3 is 10.2 Å². The van der Waals surface area contributed by atoms with Gasteiger partial charge in [-0.3, -0.25) is 9.10 Å². The molecule has 2 aromatic carbocycles. The third-order valence-corrected chi connectivity index (χ3v) is 9.51. The minimum atomic E-state index is -3.57. The largest absolute Gasteiger partial charge is 0.322 e. The topological polar surface area (TPSA) is 107 Å². The van der Waals surface area contributed by atoms with E-state index in [0.717, 1.165) is 0 Å². The predicted molar refractivity (Wildman–Crippen MR) is 123 cm³/mol. The number of benzene rings is 2. The number of rotatable bonds is 5. The van der Waals surface area contributed by atoms with Crippen LogP contribution in [0.25, 0.3) is 0 Å². The highest BCUT2D eigenvalue weighted by Crippen LogP contribution is 2.25. The van der Waals surface area contributed by atoms with Gasteiger partial charge in [0.05, 0.1) is 16.3 Å². The number of anilines is 2. The lowest BCUT2D eigenvalue weighted by Crippen LogP contribution is -2.46. The highest BCUT2D eigenvalue weighted by Gasteiger charge is 2.29. The second kappa shape index (κ2) is 8.81. The smallest absolute Gasteiger partial charge is 0.255 e. The third kappa shape index (κ3) is 4.65. The fourth-order valence-electron chi connectivity index (χ4n) is 3.80. The van der Waals surface area contributed by atoms with Crippen molar-refractivity contribution in [1.82, 2.24) is 9.21 Å². The molecule has 0 saturated carbocycles. The Morgan fingerprint density at radius 2 is 1.53 bits per heavy atom. The van der Waals surface area contributed by atoms with Crippen molar-refractivity contribution in [2.75, 3.05) is 55.1 Å². The van der Waals surface area contributed by atoms with Gasteiger partial charge in [0.15, 0.2) is 0 Å². The van der Waals surface area contributed by atoms with Crippen LogP contribution in [0, 0.1) is 0 Å². The lowest BCUT2D eigenvalue weighted by molar-refractivity contribution is 0.102. The zero-order valence-corrected chi connectivity index (χ0v) is 19.4. The Kier molecular flexibility index (Phi) is 6.26. The van der Waals surface area contributed by atoms with Crippen molar-refractivity contribution in [2.24, 2.45) is 0 Å². The van der Waals surface area contributed by atoms with E-state index >= 15 is 0 Å². The summed E-state index contributed by atoms with van der Waals surface area (Å²) in [5.74, 6) is -0.231. The quantitative estimate of drug-likeness (QED) is 0.697. The minimum Gasteiger partial charge on any atom is -0.322 e. The summed E-state index contributed by atoms with van der Waals surface area (Å²) in [5, 5.41) is 2.74. The monoisotopic (exact) mass is 478 g/mol. The van der Waals surface area contributed by atoms with E-state index in [-0.39, 0.29) is 16.6 Å². The van der Waals surface area contributed by atoms with Gasteiger partial charge in [-0.25, -0.2) is 16.8 Å². The van der Waals surface area contributed by atoms with Crippen molar-refractivity contribution in [3.8, 4) is 0 Å². The molecule has 2 heterocycles. The number of carbonyl (C=O) groups is 1.